The maximum absolute atomic E-state index is 12.4. The van der Waals surface area contributed by atoms with Crippen LogP contribution in [0.2, 0.25) is 0 Å². The summed E-state index contributed by atoms with van der Waals surface area (Å²) in [7, 11) is 0. The van der Waals surface area contributed by atoms with Gasteiger partial charge in [-0.15, -0.1) is 13.2 Å². The van der Waals surface area contributed by atoms with Crippen molar-refractivity contribution >= 4 is 22.7 Å². The van der Waals surface area contributed by atoms with Crippen molar-refractivity contribution in [2.45, 2.75) is 31.7 Å². The fraction of sp³-hybridized carbons (Fsp3) is 0.273. The molecule has 1 aliphatic rings. The van der Waals surface area contributed by atoms with Gasteiger partial charge in [0.2, 0.25) is 11.8 Å². The molecule has 1 atom stereocenters. The number of para-hydroxylation sites is 1. The van der Waals surface area contributed by atoms with Gasteiger partial charge in [0.05, 0.1) is 0 Å². The molecule has 0 aliphatic carbocycles. The van der Waals surface area contributed by atoms with Crippen molar-refractivity contribution < 1.29 is 27.5 Å². The van der Waals surface area contributed by atoms with E-state index in [0.717, 1.165) is 22.2 Å². The molecule has 3 aromatic rings. The number of amides is 2. The Balaban J connectivity index is 1.56. The number of alkyl halides is 3. The first kappa shape index (κ1) is 20.8. The summed E-state index contributed by atoms with van der Waals surface area (Å²) in [5.74, 6) is -0.711. The van der Waals surface area contributed by atoms with Crippen LogP contribution in [0.4, 0.5) is 13.2 Å². The van der Waals surface area contributed by atoms with Gasteiger partial charge < -0.3 is 20.4 Å². The second kappa shape index (κ2) is 8.33. The van der Waals surface area contributed by atoms with Crippen LogP contribution in [0, 0.1) is 0 Å². The summed E-state index contributed by atoms with van der Waals surface area (Å²) >= 11 is 0. The molecule has 2 heterocycles. The molecule has 3 N–H and O–H groups in total. The van der Waals surface area contributed by atoms with Gasteiger partial charge in [-0.3, -0.25) is 9.59 Å². The van der Waals surface area contributed by atoms with Crippen LogP contribution in [0.3, 0.4) is 0 Å². The summed E-state index contributed by atoms with van der Waals surface area (Å²) < 4.78 is 41.2. The summed E-state index contributed by atoms with van der Waals surface area (Å²) in [6.45, 7) is 0.546. The van der Waals surface area contributed by atoms with E-state index in [0.29, 0.717) is 24.9 Å². The van der Waals surface area contributed by atoms with E-state index in [1.54, 1.807) is 0 Å². The number of hydrogen-bond acceptors (Lipinski definition) is 3. The van der Waals surface area contributed by atoms with Crippen molar-refractivity contribution in [3.63, 3.8) is 0 Å². The average molecular weight is 431 g/mol. The van der Waals surface area contributed by atoms with Crippen LogP contribution in [0.25, 0.3) is 22.2 Å². The number of carbonyl (C=O) groups excluding carboxylic acids is 2. The average Bonchev–Trinajstić information content (AvgIpc) is 3.29. The Morgan fingerprint density at radius 3 is 2.55 bits per heavy atom. The maximum atomic E-state index is 12.4. The summed E-state index contributed by atoms with van der Waals surface area (Å²) in [6.07, 6.45) is -3.61. The number of aromatic amines is 1. The van der Waals surface area contributed by atoms with E-state index in [4.69, 9.17) is 0 Å². The van der Waals surface area contributed by atoms with E-state index >= 15 is 0 Å². The number of hydrogen-bond donors (Lipinski definition) is 3. The van der Waals surface area contributed by atoms with Crippen LogP contribution < -0.4 is 15.4 Å². The molecule has 0 bridgehead atoms. The fourth-order valence-corrected chi connectivity index (χ4v) is 3.77. The predicted molar refractivity (Wildman–Crippen MR) is 108 cm³/mol. The van der Waals surface area contributed by atoms with Gasteiger partial charge in [0.15, 0.2) is 0 Å². The molecule has 1 fully saturated rings. The summed E-state index contributed by atoms with van der Waals surface area (Å²) in [5.41, 5.74) is 3.15. The molecule has 9 heteroatoms. The van der Waals surface area contributed by atoms with Gasteiger partial charge in [-0.2, -0.15) is 0 Å². The topological polar surface area (TPSA) is 83.2 Å². The van der Waals surface area contributed by atoms with Crippen molar-refractivity contribution in [3.8, 4) is 17.0 Å². The molecule has 1 aliphatic heterocycles. The summed E-state index contributed by atoms with van der Waals surface area (Å²) in [6, 6.07) is 12.7. The number of carbonyl (C=O) groups is 2. The number of H-pyrrole nitrogens is 1. The minimum absolute atomic E-state index is 0.175. The number of aryl methyl sites for hydroxylation is 1. The molecular weight excluding hydrogens is 411 g/mol. The van der Waals surface area contributed by atoms with Crippen LogP contribution >= 0.6 is 0 Å². The van der Waals surface area contributed by atoms with Crippen molar-refractivity contribution in [3.05, 3.63) is 54.1 Å². The number of fused-ring (bicyclic) bond motifs is 1. The van der Waals surface area contributed by atoms with Gasteiger partial charge >= 0.3 is 6.36 Å². The molecule has 0 spiro atoms. The highest BCUT2D eigenvalue weighted by molar-refractivity contribution is 5.92. The molecule has 0 radical (unpaired) electrons. The lowest BCUT2D eigenvalue weighted by atomic mass is 10.0. The number of benzene rings is 2. The first-order valence-electron chi connectivity index (χ1n) is 9.83. The zero-order valence-corrected chi connectivity index (χ0v) is 16.4. The second-order valence-electron chi connectivity index (χ2n) is 7.30. The predicted octanol–water partition coefficient (Wildman–Crippen LogP) is 3.67. The normalized spacial score (nSPS) is 16.4. The van der Waals surface area contributed by atoms with Gasteiger partial charge in [0.25, 0.3) is 0 Å². The molecule has 2 amide bonds. The Labute approximate surface area is 175 Å². The SMILES string of the molecule is O=C(CCc1c(-c2ccc(OC(F)(F)F)cc2)[nH]c2ccccc12)NC1CCNC1=O. The lowest BCUT2D eigenvalue weighted by molar-refractivity contribution is -0.274. The van der Waals surface area contributed by atoms with E-state index in [-0.39, 0.29) is 24.0 Å². The number of nitrogens with one attached hydrogen (secondary N) is 3. The molecule has 1 unspecified atom stereocenters. The first-order chi connectivity index (χ1) is 14.8. The molecule has 1 aromatic heterocycles. The Hall–Kier alpha value is -3.49. The van der Waals surface area contributed by atoms with E-state index in [2.05, 4.69) is 20.4 Å². The molecule has 1 saturated heterocycles. The van der Waals surface area contributed by atoms with Crippen molar-refractivity contribution in [1.82, 2.24) is 15.6 Å². The Morgan fingerprint density at radius 2 is 1.87 bits per heavy atom. The molecule has 0 saturated carbocycles. The lowest BCUT2D eigenvalue weighted by Crippen LogP contribution is -2.40. The first-order valence-corrected chi connectivity index (χ1v) is 9.83. The number of halogens is 3. The quantitative estimate of drug-likeness (QED) is 0.557. The molecule has 6 nitrogen and oxygen atoms in total. The standard InChI is InChI=1S/C22H20F3N3O3/c23-22(24,25)31-14-7-5-13(6-8-14)20-16(15-3-1-2-4-17(15)28-20)9-10-19(29)27-18-11-12-26-21(18)30/h1-8,18,28H,9-12H2,(H,26,30)(H,27,29). The van der Waals surface area contributed by atoms with E-state index in [1.807, 2.05) is 24.3 Å². The van der Waals surface area contributed by atoms with Crippen LogP contribution in [-0.2, 0) is 16.0 Å². The lowest BCUT2D eigenvalue weighted by Gasteiger charge is -2.11. The Kier molecular flexibility index (Phi) is 5.58. The second-order valence-corrected chi connectivity index (χ2v) is 7.30. The highest BCUT2D eigenvalue weighted by Crippen LogP contribution is 2.33. The molecule has 4 rings (SSSR count). The van der Waals surface area contributed by atoms with Gasteiger partial charge in [-0.1, -0.05) is 18.2 Å². The van der Waals surface area contributed by atoms with Crippen LogP contribution in [0.5, 0.6) is 5.75 Å². The van der Waals surface area contributed by atoms with Crippen LogP contribution in [0.15, 0.2) is 48.5 Å². The zero-order valence-electron chi connectivity index (χ0n) is 16.4. The number of rotatable bonds is 6. The van der Waals surface area contributed by atoms with Crippen molar-refractivity contribution in [2.24, 2.45) is 0 Å². The third-order valence-electron chi connectivity index (χ3n) is 5.18. The molecule has 31 heavy (non-hydrogen) atoms. The third kappa shape index (κ3) is 4.82. The van der Waals surface area contributed by atoms with E-state index in [9.17, 15) is 22.8 Å². The number of ether oxygens (including phenoxy) is 1. The molecule has 2 aromatic carbocycles. The summed E-state index contributed by atoms with van der Waals surface area (Å²) in [4.78, 5) is 27.3. The van der Waals surface area contributed by atoms with E-state index < -0.39 is 12.4 Å². The zero-order chi connectivity index (χ0) is 22.0. The Bertz CT molecular complexity index is 1110. The largest absolute Gasteiger partial charge is 0.573 e. The number of aromatic nitrogens is 1. The minimum Gasteiger partial charge on any atom is -0.406 e. The highest BCUT2D eigenvalue weighted by Gasteiger charge is 2.31. The van der Waals surface area contributed by atoms with Gasteiger partial charge in [-0.25, -0.2) is 0 Å². The van der Waals surface area contributed by atoms with Crippen molar-refractivity contribution in [1.29, 1.82) is 0 Å². The van der Waals surface area contributed by atoms with E-state index in [1.165, 1.54) is 24.3 Å². The minimum atomic E-state index is -4.75. The third-order valence-corrected chi connectivity index (χ3v) is 5.18. The molecule has 162 valence electrons. The molecular formula is C22H20F3N3O3. The fourth-order valence-electron chi connectivity index (χ4n) is 3.77. The van der Waals surface area contributed by atoms with Crippen LogP contribution in [-0.4, -0.2) is 35.7 Å². The van der Waals surface area contributed by atoms with Crippen molar-refractivity contribution in [2.75, 3.05) is 6.54 Å². The Morgan fingerprint density at radius 1 is 1.13 bits per heavy atom. The smallest absolute Gasteiger partial charge is 0.406 e. The van der Waals surface area contributed by atoms with Gasteiger partial charge in [0.1, 0.15) is 11.8 Å². The van der Waals surface area contributed by atoms with Gasteiger partial charge in [0, 0.05) is 29.6 Å². The highest BCUT2D eigenvalue weighted by atomic mass is 19.4. The summed E-state index contributed by atoms with van der Waals surface area (Å²) in [5, 5.41) is 6.35. The monoisotopic (exact) mass is 431 g/mol. The van der Waals surface area contributed by atoms with Gasteiger partial charge in [-0.05, 0) is 54.3 Å². The van der Waals surface area contributed by atoms with Crippen LogP contribution in [0.1, 0.15) is 18.4 Å². The maximum Gasteiger partial charge on any atom is 0.573 e.